The molecule has 2 atom stereocenters. The highest BCUT2D eigenvalue weighted by molar-refractivity contribution is 7.99. The molecule has 0 aliphatic carbocycles. The van der Waals surface area contributed by atoms with Crippen LogP contribution in [-0.4, -0.2) is 34.2 Å². The lowest BCUT2D eigenvalue weighted by Gasteiger charge is -2.28. The second-order valence-corrected chi connectivity index (χ2v) is 9.86. The van der Waals surface area contributed by atoms with Crippen LogP contribution in [0.2, 0.25) is 0 Å². The van der Waals surface area contributed by atoms with Crippen molar-refractivity contribution >= 4 is 41.7 Å². The molecule has 5 nitrogen and oxygen atoms in total. The van der Waals surface area contributed by atoms with Gasteiger partial charge in [0.1, 0.15) is 11.5 Å². The fourth-order valence-corrected chi connectivity index (χ4v) is 6.34. The first-order valence-corrected chi connectivity index (χ1v) is 11.7. The molecule has 0 saturated carbocycles. The van der Waals surface area contributed by atoms with Crippen molar-refractivity contribution in [1.29, 1.82) is 0 Å². The zero-order valence-corrected chi connectivity index (χ0v) is 17.2. The average molecular weight is 431 g/mol. The lowest BCUT2D eigenvalue weighted by molar-refractivity contribution is -0.118. The van der Waals surface area contributed by atoms with Crippen LogP contribution in [0.4, 0.5) is 10.1 Å². The highest BCUT2D eigenvalue weighted by atomic mass is 32.2. The minimum atomic E-state index is -4.80. The highest BCUT2D eigenvalue weighted by Gasteiger charge is 2.47. The van der Waals surface area contributed by atoms with Crippen molar-refractivity contribution in [3.63, 3.8) is 0 Å². The Hall–Kier alpha value is -2.18. The minimum absolute atomic E-state index is 0.311. The minimum Gasteiger partial charge on any atom is -0.324 e. The van der Waals surface area contributed by atoms with Crippen LogP contribution >= 0.6 is 19.4 Å². The third-order valence-electron chi connectivity index (χ3n) is 5.24. The molecule has 8 heteroatoms. The lowest BCUT2D eigenvalue weighted by Crippen LogP contribution is -2.40. The Bertz CT molecular complexity index is 1150. The molecule has 0 bridgehead atoms. The van der Waals surface area contributed by atoms with E-state index in [1.807, 2.05) is 30.3 Å². The van der Waals surface area contributed by atoms with Crippen LogP contribution in [0.5, 0.6) is 0 Å². The smallest absolute Gasteiger partial charge is 0.324 e. The zero-order valence-electron chi connectivity index (χ0n) is 15.5. The molecule has 29 heavy (non-hydrogen) atoms. The predicted octanol–water partition coefficient (Wildman–Crippen LogP) is 4.38. The van der Waals surface area contributed by atoms with Gasteiger partial charge in [0.05, 0.1) is 0 Å². The van der Waals surface area contributed by atoms with Gasteiger partial charge < -0.3 is 14.7 Å². The number of hydrogen-bond donors (Lipinski definition) is 2. The summed E-state index contributed by atoms with van der Waals surface area (Å²) in [5.41, 5.74) is -0.560. The second-order valence-electron chi connectivity index (χ2n) is 7.06. The molecule has 2 unspecified atom stereocenters. The molecule has 1 aliphatic heterocycles. The molecule has 1 amide bonds. The number of anilines is 1. The fourth-order valence-electron chi connectivity index (χ4n) is 3.73. The number of hydrogen-bond acceptors (Lipinski definition) is 3. The Morgan fingerprint density at radius 3 is 2.59 bits per heavy atom. The lowest BCUT2D eigenvalue weighted by atomic mass is 9.96. The van der Waals surface area contributed by atoms with Gasteiger partial charge in [0.15, 0.2) is 0 Å². The van der Waals surface area contributed by atoms with Gasteiger partial charge in [0, 0.05) is 29.3 Å². The van der Waals surface area contributed by atoms with Gasteiger partial charge in [-0.1, -0.05) is 30.3 Å². The van der Waals surface area contributed by atoms with Gasteiger partial charge >= 0.3 is 7.60 Å². The van der Waals surface area contributed by atoms with Gasteiger partial charge in [-0.05, 0) is 46.7 Å². The molecule has 0 aromatic heterocycles. The summed E-state index contributed by atoms with van der Waals surface area (Å²) in [7, 11) is -3.30. The van der Waals surface area contributed by atoms with Crippen LogP contribution in [0.25, 0.3) is 10.8 Å². The molecule has 0 fully saturated rings. The molecule has 3 aromatic rings. The van der Waals surface area contributed by atoms with Gasteiger partial charge in [-0.25, -0.2) is 4.39 Å². The number of benzene rings is 3. The van der Waals surface area contributed by atoms with Crippen LogP contribution in [0, 0.1) is 5.82 Å². The van der Waals surface area contributed by atoms with E-state index in [0.29, 0.717) is 17.0 Å². The van der Waals surface area contributed by atoms with Crippen molar-refractivity contribution in [1.82, 2.24) is 0 Å². The Morgan fingerprint density at radius 2 is 1.86 bits per heavy atom. The van der Waals surface area contributed by atoms with Crippen molar-refractivity contribution in [3.8, 4) is 0 Å². The van der Waals surface area contributed by atoms with Gasteiger partial charge in [0.2, 0.25) is 5.91 Å². The number of fused-ring (bicyclic) bond motifs is 2. The summed E-state index contributed by atoms with van der Waals surface area (Å²) in [6, 6.07) is 17.2. The third kappa shape index (κ3) is 3.83. The zero-order chi connectivity index (χ0) is 20.8. The largest absolute Gasteiger partial charge is 0.338 e. The van der Waals surface area contributed by atoms with Gasteiger partial charge in [-0.2, -0.15) is 0 Å². The Kier molecular flexibility index (Phi) is 5.25. The van der Waals surface area contributed by atoms with Crippen LogP contribution in [-0.2, 0) is 9.36 Å². The number of thioether (sulfide) groups is 1. The summed E-state index contributed by atoms with van der Waals surface area (Å²) in [4.78, 5) is 35.3. The first-order valence-electron chi connectivity index (χ1n) is 8.99. The normalized spacial score (nSPS) is 17.2. The van der Waals surface area contributed by atoms with E-state index < -0.39 is 30.9 Å². The van der Waals surface area contributed by atoms with Gasteiger partial charge in [0.25, 0.3) is 0 Å². The van der Waals surface area contributed by atoms with E-state index in [1.54, 1.807) is 18.2 Å². The molecule has 2 N–H and O–H groups in total. The molecular weight excluding hydrogens is 412 g/mol. The van der Waals surface area contributed by atoms with E-state index in [0.717, 1.165) is 15.7 Å². The topological polar surface area (TPSA) is 77.8 Å². The number of halogens is 1. The highest BCUT2D eigenvalue weighted by Crippen LogP contribution is 2.54. The molecule has 3 aromatic carbocycles. The Labute approximate surface area is 171 Å². The van der Waals surface area contributed by atoms with E-state index in [4.69, 9.17) is 0 Å². The summed E-state index contributed by atoms with van der Waals surface area (Å²) in [6.07, 6.45) is 0. The SMILES string of the molecule is CN(C(=O)C(C1CSc2ccc(F)cc21)P(=O)(O)O)c1ccc2ccccc2c1. The van der Waals surface area contributed by atoms with Crippen LogP contribution in [0.15, 0.2) is 65.6 Å². The van der Waals surface area contributed by atoms with Gasteiger partial charge in [-0.3, -0.25) is 9.36 Å². The molecule has 1 heterocycles. The fraction of sp³-hybridized carbons (Fsp3) is 0.190. The molecular formula is C21H19FNO4PS. The molecule has 1 aliphatic rings. The van der Waals surface area contributed by atoms with E-state index in [1.165, 1.54) is 35.8 Å². The predicted molar refractivity (Wildman–Crippen MR) is 113 cm³/mol. The first-order chi connectivity index (χ1) is 13.8. The van der Waals surface area contributed by atoms with E-state index >= 15 is 0 Å². The van der Waals surface area contributed by atoms with E-state index in [9.17, 15) is 23.5 Å². The van der Waals surface area contributed by atoms with Crippen molar-refractivity contribution in [2.75, 3.05) is 17.7 Å². The Balaban J connectivity index is 1.71. The first kappa shape index (κ1) is 20.1. The van der Waals surface area contributed by atoms with E-state index in [2.05, 4.69) is 0 Å². The van der Waals surface area contributed by atoms with E-state index in [-0.39, 0.29) is 0 Å². The summed E-state index contributed by atoms with van der Waals surface area (Å²) in [5.74, 6) is -1.62. The third-order valence-corrected chi connectivity index (χ3v) is 7.75. The molecule has 0 radical (unpaired) electrons. The quantitative estimate of drug-likeness (QED) is 0.600. The average Bonchev–Trinajstić information content (AvgIpc) is 3.08. The summed E-state index contributed by atoms with van der Waals surface area (Å²) in [5, 5.41) is 1.92. The van der Waals surface area contributed by atoms with Crippen molar-refractivity contribution in [3.05, 3.63) is 72.0 Å². The van der Waals surface area contributed by atoms with Crippen LogP contribution in [0.1, 0.15) is 11.5 Å². The number of carbonyl (C=O) groups is 1. The summed E-state index contributed by atoms with van der Waals surface area (Å²) < 4.78 is 26.1. The molecule has 4 rings (SSSR count). The monoisotopic (exact) mass is 431 g/mol. The van der Waals surface area contributed by atoms with Crippen molar-refractivity contribution in [2.24, 2.45) is 0 Å². The standard InChI is InChI=1S/C21H19FNO4PS/c1-23(16-8-6-13-4-2-3-5-14(13)10-16)21(24)20(28(25,26)27)18-12-29-19-9-7-15(22)11-17(18)19/h2-11,18,20H,12H2,1H3,(H2,25,26,27). The summed E-state index contributed by atoms with van der Waals surface area (Å²) >= 11 is 1.38. The number of nitrogens with zero attached hydrogens (tertiary/aromatic N) is 1. The number of carbonyl (C=O) groups excluding carboxylic acids is 1. The number of amides is 1. The maximum absolute atomic E-state index is 13.8. The second kappa shape index (κ2) is 7.58. The van der Waals surface area contributed by atoms with Crippen LogP contribution < -0.4 is 4.90 Å². The molecule has 150 valence electrons. The van der Waals surface area contributed by atoms with Crippen LogP contribution in [0.3, 0.4) is 0 Å². The molecule has 0 saturated heterocycles. The molecule has 0 spiro atoms. The Morgan fingerprint density at radius 1 is 1.14 bits per heavy atom. The summed E-state index contributed by atoms with van der Waals surface area (Å²) in [6.45, 7) is 0. The van der Waals surface area contributed by atoms with Crippen molar-refractivity contribution in [2.45, 2.75) is 16.5 Å². The number of rotatable bonds is 4. The van der Waals surface area contributed by atoms with Crippen molar-refractivity contribution < 1.29 is 23.5 Å². The maximum atomic E-state index is 13.8. The van der Waals surface area contributed by atoms with Gasteiger partial charge in [-0.15, -0.1) is 11.8 Å². The maximum Gasteiger partial charge on any atom is 0.338 e.